The van der Waals surface area contributed by atoms with E-state index in [1.807, 2.05) is 0 Å². The van der Waals surface area contributed by atoms with Crippen LogP contribution in [0.25, 0.3) is 0 Å². The van der Waals surface area contributed by atoms with Crippen molar-refractivity contribution in [1.29, 1.82) is 0 Å². The summed E-state index contributed by atoms with van der Waals surface area (Å²) >= 11 is 5.25. The first-order valence-corrected chi connectivity index (χ1v) is 3.85. The monoisotopic (exact) mass is 179 g/mol. The Kier molecular flexibility index (Phi) is 5.50. The average Bonchev–Trinajstić information content (AvgIpc) is 1.99. The second-order valence-corrected chi connectivity index (χ2v) is 2.90. The molecule has 0 spiro atoms. The minimum absolute atomic E-state index is 0.245. The van der Waals surface area contributed by atoms with Crippen LogP contribution < -0.4 is 5.32 Å². The first kappa shape index (κ1) is 10.9. The zero-order chi connectivity index (χ0) is 8.74. The largest absolute Gasteiger partial charge is 0.393 e. The van der Waals surface area contributed by atoms with Gasteiger partial charge in [0, 0.05) is 18.6 Å². The fourth-order valence-corrected chi connectivity index (χ4v) is 0.614. The van der Waals surface area contributed by atoms with Crippen LogP contribution in [0.1, 0.15) is 6.92 Å². The standard InChI is InChI=1S/C7H14ClNO2/c1-7(11,6-10)5-9-4-2-3-8/h2-3,9-11H,4-6H2,1H3/b3-2+. The summed E-state index contributed by atoms with van der Waals surface area (Å²) in [6.45, 7) is 2.26. The predicted octanol–water partition coefficient (Wildman–Crippen LogP) is 0.0718. The van der Waals surface area contributed by atoms with E-state index in [1.165, 1.54) is 5.54 Å². The van der Waals surface area contributed by atoms with Gasteiger partial charge in [-0.05, 0) is 6.92 Å². The topological polar surface area (TPSA) is 52.5 Å². The second-order valence-electron chi connectivity index (χ2n) is 2.65. The molecule has 0 fully saturated rings. The molecule has 0 bridgehead atoms. The first-order valence-electron chi connectivity index (χ1n) is 3.41. The summed E-state index contributed by atoms with van der Waals surface area (Å²) < 4.78 is 0. The molecule has 11 heavy (non-hydrogen) atoms. The molecule has 0 rings (SSSR count). The van der Waals surface area contributed by atoms with Gasteiger partial charge >= 0.3 is 0 Å². The minimum atomic E-state index is -1.04. The fraction of sp³-hybridized carbons (Fsp3) is 0.714. The van der Waals surface area contributed by atoms with Crippen molar-refractivity contribution in [2.75, 3.05) is 19.7 Å². The van der Waals surface area contributed by atoms with Crippen LogP contribution in [0, 0.1) is 0 Å². The molecule has 0 aliphatic rings. The van der Waals surface area contributed by atoms with Gasteiger partial charge in [-0.3, -0.25) is 0 Å². The molecule has 1 unspecified atom stereocenters. The van der Waals surface area contributed by atoms with E-state index in [0.717, 1.165) is 0 Å². The molecule has 4 heteroatoms. The molecular formula is C7H14ClNO2. The summed E-state index contributed by atoms with van der Waals surface area (Å²) in [5, 5.41) is 20.8. The fourth-order valence-electron chi connectivity index (χ4n) is 0.525. The molecule has 3 N–H and O–H groups in total. The van der Waals surface area contributed by atoms with Crippen LogP contribution in [0.4, 0.5) is 0 Å². The van der Waals surface area contributed by atoms with Crippen LogP contribution in [0.5, 0.6) is 0 Å². The lowest BCUT2D eigenvalue weighted by Gasteiger charge is -2.19. The third kappa shape index (κ3) is 6.31. The first-order chi connectivity index (χ1) is 5.12. The van der Waals surface area contributed by atoms with E-state index in [1.54, 1.807) is 13.0 Å². The number of aliphatic hydroxyl groups excluding tert-OH is 1. The lowest BCUT2D eigenvalue weighted by Crippen LogP contribution is -2.40. The smallest absolute Gasteiger partial charge is 0.0972 e. The highest BCUT2D eigenvalue weighted by Crippen LogP contribution is 1.97. The summed E-state index contributed by atoms with van der Waals surface area (Å²) in [5.74, 6) is 0. The van der Waals surface area contributed by atoms with E-state index in [9.17, 15) is 5.11 Å². The van der Waals surface area contributed by atoms with Gasteiger partial charge in [0.1, 0.15) is 0 Å². The van der Waals surface area contributed by atoms with Gasteiger partial charge in [0.15, 0.2) is 0 Å². The van der Waals surface area contributed by atoms with E-state index in [-0.39, 0.29) is 6.61 Å². The quantitative estimate of drug-likeness (QED) is 0.524. The van der Waals surface area contributed by atoms with Crippen LogP contribution >= 0.6 is 11.6 Å². The predicted molar refractivity (Wildman–Crippen MR) is 45.6 cm³/mol. The summed E-state index contributed by atoms with van der Waals surface area (Å²) in [6, 6.07) is 0. The lowest BCUT2D eigenvalue weighted by molar-refractivity contribution is 0.00350. The molecule has 0 saturated carbocycles. The number of hydrogen-bond acceptors (Lipinski definition) is 3. The summed E-state index contributed by atoms with van der Waals surface area (Å²) in [5.41, 5.74) is 0.362. The molecule has 66 valence electrons. The molecule has 0 saturated heterocycles. The highest BCUT2D eigenvalue weighted by atomic mass is 35.5. The Bertz CT molecular complexity index is 126. The van der Waals surface area contributed by atoms with Crippen molar-refractivity contribution >= 4 is 11.6 Å². The maximum Gasteiger partial charge on any atom is 0.0972 e. The number of hydrogen-bond donors (Lipinski definition) is 3. The van der Waals surface area contributed by atoms with Crippen molar-refractivity contribution in [3.8, 4) is 0 Å². The van der Waals surface area contributed by atoms with E-state index in [4.69, 9.17) is 16.7 Å². The molecule has 0 heterocycles. The zero-order valence-corrected chi connectivity index (χ0v) is 7.30. The van der Waals surface area contributed by atoms with Crippen molar-refractivity contribution in [3.05, 3.63) is 11.6 Å². The highest BCUT2D eigenvalue weighted by Gasteiger charge is 2.17. The second kappa shape index (κ2) is 5.55. The Hall–Kier alpha value is -0.0900. The van der Waals surface area contributed by atoms with Crippen molar-refractivity contribution < 1.29 is 10.2 Å². The molecule has 0 radical (unpaired) electrons. The van der Waals surface area contributed by atoms with Gasteiger partial charge in [-0.25, -0.2) is 0 Å². The summed E-state index contributed by atoms with van der Waals surface area (Å²) in [7, 11) is 0. The Labute approximate surface area is 71.7 Å². The summed E-state index contributed by atoms with van der Waals surface area (Å²) in [6.07, 6.45) is 1.72. The zero-order valence-electron chi connectivity index (χ0n) is 6.55. The molecule has 0 aliphatic heterocycles. The molecule has 0 aromatic heterocycles. The van der Waals surface area contributed by atoms with Gasteiger partial charge in [0.25, 0.3) is 0 Å². The normalized spacial score (nSPS) is 17.1. The SMILES string of the molecule is CC(O)(CO)CNC/C=C/Cl. The molecule has 0 aliphatic carbocycles. The molecule has 3 nitrogen and oxygen atoms in total. The Balaban J connectivity index is 3.37. The Morgan fingerprint density at radius 1 is 1.64 bits per heavy atom. The number of halogens is 1. The Morgan fingerprint density at radius 2 is 2.27 bits per heavy atom. The third-order valence-corrected chi connectivity index (χ3v) is 1.38. The van der Waals surface area contributed by atoms with Crippen molar-refractivity contribution in [1.82, 2.24) is 5.32 Å². The number of nitrogens with one attached hydrogen (secondary N) is 1. The number of rotatable bonds is 5. The van der Waals surface area contributed by atoms with Crippen LogP contribution in [0.15, 0.2) is 11.6 Å². The van der Waals surface area contributed by atoms with E-state index < -0.39 is 5.60 Å². The van der Waals surface area contributed by atoms with E-state index >= 15 is 0 Å². The van der Waals surface area contributed by atoms with Gasteiger partial charge in [0.05, 0.1) is 12.2 Å². The van der Waals surface area contributed by atoms with E-state index in [2.05, 4.69) is 5.32 Å². The van der Waals surface area contributed by atoms with Gasteiger partial charge in [-0.15, -0.1) is 0 Å². The number of aliphatic hydroxyl groups is 2. The molecular weight excluding hydrogens is 166 g/mol. The minimum Gasteiger partial charge on any atom is -0.393 e. The van der Waals surface area contributed by atoms with Crippen LogP contribution in [0.2, 0.25) is 0 Å². The van der Waals surface area contributed by atoms with Crippen molar-refractivity contribution in [2.24, 2.45) is 0 Å². The van der Waals surface area contributed by atoms with Gasteiger partial charge < -0.3 is 15.5 Å². The van der Waals surface area contributed by atoms with Crippen molar-refractivity contribution in [3.63, 3.8) is 0 Å². The van der Waals surface area contributed by atoms with Crippen LogP contribution in [-0.4, -0.2) is 35.5 Å². The lowest BCUT2D eigenvalue weighted by atomic mass is 10.1. The van der Waals surface area contributed by atoms with Gasteiger partial charge in [-0.2, -0.15) is 0 Å². The van der Waals surface area contributed by atoms with Crippen molar-refractivity contribution in [2.45, 2.75) is 12.5 Å². The summed E-state index contributed by atoms with van der Waals surface area (Å²) in [4.78, 5) is 0. The Morgan fingerprint density at radius 3 is 2.73 bits per heavy atom. The van der Waals surface area contributed by atoms with Crippen LogP contribution in [0.3, 0.4) is 0 Å². The maximum absolute atomic E-state index is 9.25. The highest BCUT2D eigenvalue weighted by molar-refractivity contribution is 6.25. The molecule has 0 aromatic rings. The third-order valence-electron chi connectivity index (χ3n) is 1.20. The molecule has 0 aromatic carbocycles. The molecule has 1 atom stereocenters. The molecule has 0 amide bonds. The van der Waals surface area contributed by atoms with Gasteiger partial charge in [0.2, 0.25) is 0 Å². The van der Waals surface area contributed by atoms with Crippen LogP contribution in [-0.2, 0) is 0 Å². The average molecular weight is 180 g/mol. The van der Waals surface area contributed by atoms with Gasteiger partial charge in [-0.1, -0.05) is 17.7 Å². The van der Waals surface area contributed by atoms with E-state index in [0.29, 0.717) is 13.1 Å². The maximum atomic E-state index is 9.25.